The molecule has 0 radical (unpaired) electrons. The fourth-order valence-electron chi connectivity index (χ4n) is 0.971. The van der Waals surface area contributed by atoms with Crippen molar-refractivity contribution in [3.63, 3.8) is 0 Å². The molecule has 0 atom stereocenters. The maximum Gasteiger partial charge on any atom is 0.224 e. The first kappa shape index (κ1) is 12.8. The van der Waals surface area contributed by atoms with Gasteiger partial charge >= 0.3 is 0 Å². The number of aliphatic hydroxyl groups is 2. The Bertz CT molecular complexity index is 113. The molecule has 0 saturated heterocycles. The normalized spacial score (nSPS) is 12.0. The van der Waals surface area contributed by atoms with Crippen LogP contribution in [0.1, 0.15) is 19.8 Å². The summed E-state index contributed by atoms with van der Waals surface area (Å²) in [6, 6.07) is 0. The fourth-order valence-corrected chi connectivity index (χ4v) is 0.971. The molecule has 0 aromatic heterocycles. The van der Waals surface area contributed by atoms with Crippen LogP contribution in [0, 0.1) is 0 Å². The molecule has 0 aliphatic carbocycles. The number of rotatable bonds is 8. The third-order valence-corrected chi connectivity index (χ3v) is 1.47. The Hall–Kier alpha value is -0.200. The first-order chi connectivity index (χ1) is 6.18. The zero-order valence-electron chi connectivity index (χ0n) is 8.03. The van der Waals surface area contributed by atoms with Gasteiger partial charge in [-0.25, -0.2) is 0 Å². The molecule has 0 fully saturated rings. The lowest BCUT2D eigenvalue weighted by Gasteiger charge is -2.28. The molecular weight excluding hydrogens is 174 g/mol. The van der Waals surface area contributed by atoms with E-state index in [-0.39, 0.29) is 26.4 Å². The number of aliphatic hydroxyl groups excluding tert-OH is 2. The lowest BCUT2D eigenvalue weighted by molar-refractivity contribution is -0.243. The van der Waals surface area contributed by atoms with Gasteiger partial charge in [-0.1, -0.05) is 6.92 Å². The Morgan fingerprint density at radius 2 is 1.62 bits per heavy atom. The minimum Gasteiger partial charge on any atom is -0.394 e. The number of nitrogens with two attached hydrogens (primary N) is 1. The first-order valence-electron chi connectivity index (χ1n) is 4.47. The Labute approximate surface area is 78.4 Å². The monoisotopic (exact) mass is 193 g/mol. The summed E-state index contributed by atoms with van der Waals surface area (Å²) in [5.74, 6) is -1.17. The van der Waals surface area contributed by atoms with Gasteiger partial charge in [0.1, 0.15) is 0 Å². The van der Waals surface area contributed by atoms with E-state index in [1.807, 2.05) is 6.92 Å². The fraction of sp³-hybridized carbons (Fsp3) is 1.00. The standard InChI is InChI=1S/C8H19NO4/c1-2-3-8(9,12-6-4-10)13-7-5-11/h10-11H,2-7,9H2,1H3. The molecule has 0 heterocycles. The first-order valence-corrected chi connectivity index (χ1v) is 4.47. The summed E-state index contributed by atoms with van der Waals surface area (Å²) in [5.41, 5.74) is 5.71. The van der Waals surface area contributed by atoms with E-state index in [9.17, 15) is 0 Å². The smallest absolute Gasteiger partial charge is 0.224 e. The van der Waals surface area contributed by atoms with Crippen LogP contribution in [-0.2, 0) is 9.47 Å². The number of hydrogen-bond donors (Lipinski definition) is 3. The molecule has 0 rings (SSSR count). The van der Waals surface area contributed by atoms with Crippen LogP contribution in [0.15, 0.2) is 0 Å². The van der Waals surface area contributed by atoms with Crippen molar-refractivity contribution in [2.24, 2.45) is 5.73 Å². The van der Waals surface area contributed by atoms with E-state index < -0.39 is 5.91 Å². The van der Waals surface area contributed by atoms with E-state index in [2.05, 4.69) is 0 Å². The molecule has 5 nitrogen and oxygen atoms in total. The van der Waals surface area contributed by atoms with Gasteiger partial charge in [-0.2, -0.15) is 0 Å². The molecule has 4 N–H and O–H groups in total. The van der Waals surface area contributed by atoms with Crippen molar-refractivity contribution < 1.29 is 19.7 Å². The summed E-state index contributed by atoms with van der Waals surface area (Å²) in [6.45, 7) is 2.05. The van der Waals surface area contributed by atoms with Gasteiger partial charge in [0.05, 0.1) is 26.4 Å². The highest BCUT2D eigenvalue weighted by atomic mass is 16.7. The molecule has 0 amide bonds. The van der Waals surface area contributed by atoms with E-state index >= 15 is 0 Å². The second-order valence-electron chi connectivity index (χ2n) is 2.71. The third kappa shape index (κ3) is 5.95. The third-order valence-electron chi connectivity index (χ3n) is 1.47. The van der Waals surface area contributed by atoms with Gasteiger partial charge < -0.3 is 19.7 Å². The summed E-state index contributed by atoms with van der Waals surface area (Å²) in [7, 11) is 0. The average Bonchev–Trinajstić information content (AvgIpc) is 2.12. The maximum absolute atomic E-state index is 8.54. The van der Waals surface area contributed by atoms with Crippen molar-refractivity contribution in [3.05, 3.63) is 0 Å². The molecule has 0 spiro atoms. The second-order valence-corrected chi connectivity index (χ2v) is 2.71. The van der Waals surface area contributed by atoms with E-state index in [1.54, 1.807) is 0 Å². The lowest BCUT2D eigenvalue weighted by atomic mass is 10.3. The Kier molecular flexibility index (Phi) is 7.12. The summed E-state index contributed by atoms with van der Waals surface area (Å²) in [5, 5.41) is 17.1. The summed E-state index contributed by atoms with van der Waals surface area (Å²) in [6.07, 6.45) is 1.35. The van der Waals surface area contributed by atoms with E-state index in [4.69, 9.17) is 25.4 Å². The van der Waals surface area contributed by atoms with Gasteiger partial charge in [-0.05, 0) is 6.42 Å². The predicted octanol–water partition coefficient (Wildman–Crippen LogP) is -0.583. The molecular formula is C8H19NO4. The molecule has 0 unspecified atom stereocenters. The van der Waals surface area contributed by atoms with E-state index in [0.717, 1.165) is 6.42 Å². The topological polar surface area (TPSA) is 84.9 Å². The van der Waals surface area contributed by atoms with Crippen molar-refractivity contribution >= 4 is 0 Å². The molecule has 80 valence electrons. The quantitative estimate of drug-likeness (QED) is 0.449. The van der Waals surface area contributed by atoms with E-state index in [0.29, 0.717) is 6.42 Å². The Morgan fingerprint density at radius 3 is 1.92 bits per heavy atom. The van der Waals surface area contributed by atoms with Crippen LogP contribution in [0.4, 0.5) is 0 Å². The van der Waals surface area contributed by atoms with Crippen LogP contribution in [-0.4, -0.2) is 42.6 Å². The molecule has 0 bridgehead atoms. The van der Waals surface area contributed by atoms with Crippen LogP contribution in [0.5, 0.6) is 0 Å². The molecule has 13 heavy (non-hydrogen) atoms. The molecule has 0 aliphatic rings. The second kappa shape index (κ2) is 7.23. The molecule has 5 heteroatoms. The summed E-state index contributed by atoms with van der Waals surface area (Å²) in [4.78, 5) is 0. The number of ether oxygens (including phenoxy) is 2. The van der Waals surface area contributed by atoms with Gasteiger partial charge in [0.25, 0.3) is 0 Å². The highest BCUT2D eigenvalue weighted by Gasteiger charge is 2.24. The van der Waals surface area contributed by atoms with Crippen LogP contribution >= 0.6 is 0 Å². The van der Waals surface area contributed by atoms with Crippen molar-refractivity contribution in [1.82, 2.24) is 0 Å². The summed E-state index contributed by atoms with van der Waals surface area (Å²) < 4.78 is 10.2. The van der Waals surface area contributed by atoms with Gasteiger partial charge in [0, 0.05) is 6.42 Å². The zero-order valence-corrected chi connectivity index (χ0v) is 8.03. The van der Waals surface area contributed by atoms with Crippen molar-refractivity contribution in [3.8, 4) is 0 Å². The van der Waals surface area contributed by atoms with E-state index in [1.165, 1.54) is 0 Å². The molecule has 0 saturated carbocycles. The van der Waals surface area contributed by atoms with Gasteiger partial charge in [0.2, 0.25) is 5.91 Å². The van der Waals surface area contributed by atoms with Crippen LogP contribution in [0.25, 0.3) is 0 Å². The SMILES string of the molecule is CCCC(N)(OCCO)OCCO. The molecule has 0 aromatic carbocycles. The van der Waals surface area contributed by atoms with Crippen LogP contribution in [0.2, 0.25) is 0 Å². The van der Waals surface area contributed by atoms with Gasteiger partial charge in [-0.15, -0.1) is 0 Å². The minimum absolute atomic E-state index is 0.0921. The highest BCUT2D eigenvalue weighted by Crippen LogP contribution is 2.12. The largest absolute Gasteiger partial charge is 0.394 e. The Morgan fingerprint density at radius 1 is 1.15 bits per heavy atom. The highest BCUT2D eigenvalue weighted by molar-refractivity contribution is 4.60. The van der Waals surface area contributed by atoms with Crippen molar-refractivity contribution in [1.29, 1.82) is 0 Å². The maximum atomic E-state index is 8.54. The minimum atomic E-state index is -1.17. The average molecular weight is 193 g/mol. The summed E-state index contributed by atoms with van der Waals surface area (Å²) >= 11 is 0. The number of hydrogen-bond acceptors (Lipinski definition) is 5. The lowest BCUT2D eigenvalue weighted by Crippen LogP contribution is -2.46. The van der Waals surface area contributed by atoms with Gasteiger partial charge in [-0.3, -0.25) is 5.73 Å². The predicted molar refractivity (Wildman–Crippen MR) is 47.9 cm³/mol. The van der Waals surface area contributed by atoms with Gasteiger partial charge in [0.15, 0.2) is 0 Å². The van der Waals surface area contributed by atoms with Crippen molar-refractivity contribution in [2.45, 2.75) is 25.7 Å². The zero-order chi connectivity index (χ0) is 10.2. The van der Waals surface area contributed by atoms with Crippen molar-refractivity contribution in [2.75, 3.05) is 26.4 Å². The van der Waals surface area contributed by atoms with Crippen LogP contribution in [0.3, 0.4) is 0 Å². The molecule has 0 aromatic rings. The molecule has 0 aliphatic heterocycles. The Balaban J connectivity index is 3.84. The van der Waals surface area contributed by atoms with Crippen LogP contribution < -0.4 is 5.73 Å².